The van der Waals surface area contributed by atoms with Gasteiger partial charge in [-0.3, -0.25) is 4.90 Å². The summed E-state index contributed by atoms with van der Waals surface area (Å²) in [5, 5.41) is 6.41. The van der Waals surface area contributed by atoms with Crippen molar-refractivity contribution >= 4 is 21.7 Å². The number of nitrogens with zero attached hydrogens (tertiary/aromatic N) is 2. The van der Waals surface area contributed by atoms with E-state index in [2.05, 4.69) is 10.5 Å². The van der Waals surface area contributed by atoms with Gasteiger partial charge in [-0.25, -0.2) is 13.2 Å². The molecular formula is C9H11N3O4S. The maximum atomic E-state index is 11.7. The van der Waals surface area contributed by atoms with Crippen molar-refractivity contribution in [1.29, 1.82) is 0 Å². The van der Waals surface area contributed by atoms with Crippen LogP contribution < -0.4 is 10.2 Å². The van der Waals surface area contributed by atoms with Gasteiger partial charge < -0.3 is 9.84 Å². The number of carbonyl (C=O) groups is 1. The van der Waals surface area contributed by atoms with Crippen molar-refractivity contribution in [3.8, 4) is 0 Å². The highest BCUT2D eigenvalue weighted by atomic mass is 32.2. The molecule has 2 atom stereocenters. The zero-order valence-electron chi connectivity index (χ0n) is 9.08. The fraction of sp³-hybridized carbons (Fsp3) is 0.556. The lowest BCUT2D eigenvalue weighted by atomic mass is 10.2. The molecule has 2 aliphatic heterocycles. The molecule has 17 heavy (non-hydrogen) atoms. The van der Waals surface area contributed by atoms with E-state index in [1.54, 1.807) is 13.0 Å². The Balaban J connectivity index is 1.97. The normalized spacial score (nSPS) is 30.4. The zero-order chi connectivity index (χ0) is 12.2. The van der Waals surface area contributed by atoms with Crippen LogP contribution in [0.15, 0.2) is 10.6 Å². The van der Waals surface area contributed by atoms with E-state index >= 15 is 0 Å². The Bertz CT molecular complexity index is 579. The van der Waals surface area contributed by atoms with Crippen LogP contribution in [-0.4, -0.2) is 43.2 Å². The number of hydrogen-bond donors (Lipinski definition) is 1. The average Bonchev–Trinajstić information content (AvgIpc) is 2.78. The number of aromatic nitrogens is 1. The number of carbonyl (C=O) groups excluding carboxylic acids is 1. The highest BCUT2D eigenvalue weighted by molar-refractivity contribution is 7.91. The van der Waals surface area contributed by atoms with Crippen LogP contribution in [0.3, 0.4) is 0 Å². The van der Waals surface area contributed by atoms with Gasteiger partial charge in [0.1, 0.15) is 5.76 Å². The molecule has 1 aromatic rings. The number of amides is 2. The Morgan fingerprint density at radius 2 is 2.29 bits per heavy atom. The molecule has 0 spiro atoms. The van der Waals surface area contributed by atoms with Crippen molar-refractivity contribution in [2.24, 2.45) is 0 Å². The van der Waals surface area contributed by atoms with Crippen LogP contribution in [-0.2, 0) is 9.84 Å². The summed E-state index contributed by atoms with van der Waals surface area (Å²) in [4.78, 5) is 13.1. The second-order valence-electron chi connectivity index (χ2n) is 4.37. The first kappa shape index (κ1) is 10.6. The Morgan fingerprint density at radius 1 is 1.53 bits per heavy atom. The van der Waals surface area contributed by atoms with E-state index in [-0.39, 0.29) is 29.6 Å². The van der Waals surface area contributed by atoms with Crippen LogP contribution in [0.25, 0.3) is 0 Å². The fourth-order valence-electron chi connectivity index (χ4n) is 2.34. The molecule has 3 rings (SSSR count). The Morgan fingerprint density at radius 3 is 2.94 bits per heavy atom. The molecule has 2 amide bonds. The standard InChI is InChI=1S/C9H11N3O4S/c1-5-2-8(11-16-5)12-7-4-17(14,15)3-6(7)10-9(12)13/h2,6-7H,3-4H2,1H3,(H,10,13)/t6-,7+/m1/s1. The number of anilines is 1. The van der Waals surface area contributed by atoms with Gasteiger partial charge >= 0.3 is 6.03 Å². The third-order valence-electron chi connectivity index (χ3n) is 3.04. The molecule has 7 nitrogen and oxygen atoms in total. The predicted molar refractivity (Wildman–Crippen MR) is 58.5 cm³/mol. The summed E-state index contributed by atoms with van der Waals surface area (Å²) in [6, 6.07) is 0.581. The molecule has 0 radical (unpaired) electrons. The number of hydrogen-bond acceptors (Lipinski definition) is 5. The van der Waals surface area contributed by atoms with Crippen LogP contribution >= 0.6 is 0 Å². The molecule has 0 bridgehead atoms. The maximum Gasteiger partial charge on any atom is 0.323 e. The predicted octanol–water partition coefficient (Wildman–Crippen LogP) is -0.322. The van der Waals surface area contributed by atoms with Gasteiger partial charge in [0.2, 0.25) is 0 Å². The van der Waals surface area contributed by atoms with Gasteiger partial charge in [0.15, 0.2) is 15.7 Å². The Labute approximate surface area is 97.7 Å². The largest absolute Gasteiger partial charge is 0.360 e. The topological polar surface area (TPSA) is 92.5 Å². The summed E-state index contributed by atoms with van der Waals surface area (Å²) < 4.78 is 27.9. The molecule has 3 heterocycles. The zero-order valence-corrected chi connectivity index (χ0v) is 9.90. The molecule has 92 valence electrons. The lowest BCUT2D eigenvalue weighted by Gasteiger charge is -2.17. The van der Waals surface area contributed by atoms with Gasteiger partial charge in [-0.2, -0.15) is 0 Å². The molecule has 1 N–H and O–H groups in total. The molecule has 0 aromatic carbocycles. The lowest BCUT2D eigenvalue weighted by molar-refractivity contribution is 0.250. The van der Waals surface area contributed by atoms with Gasteiger partial charge in [0.25, 0.3) is 0 Å². The number of nitrogens with one attached hydrogen (secondary N) is 1. The highest BCUT2D eigenvalue weighted by Crippen LogP contribution is 2.28. The smallest absolute Gasteiger partial charge is 0.323 e. The number of sulfone groups is 1. The average molecular weight is 257 g/mol. The third-order valence-corrected chi connectivity index (χ3v) is 4.76. The van der Waals surface area contributed by atoms with E-state index in [9.17, 15) is 13.2 Å². The molecule has 0 unspecified atom stereocenters. The molecule has 2 saturated heterocycles. The van der Waals surface area contributed by atoms with Crippen molar-refractivity contribution in [2.45, 2.75) is 19.0 Å². The van der Waals surface area contributed by atoms with Crippen molar-refractivity contribution < 1.29 is 17.7 Å². The molecule has 2 fully saturated rings. The summed E-state index contributed by atoms with van der Waals surface area (Å²) in [7, 11) is -3.08. The minimum absolute atomic E-state index is 0.00323. The van der Waals surface area contributed by atoms with Crippen LogP contribution in [0.2, 0.25) is 0 Å². The van der Waals surface area contributed by atoms with Gasteiger partial charge in [-0.1, -0.05) is 5.16 Å². The first-order valence-electron chi connectivity index (χ1n) is 5.20. The fourth-order valence-corrected chi connectivity index (χ4v) is 4.23. The second kappa shape index (κ2) is 3.22. The van der Waals surface area contributed by atoms with Gasteiger partial charge in [-0.15, -0.1) is 0 Å². The lowest BCUT2D eigenvalue weighted by Crippen LogP contribution is -2.37. The Hall–Kier alpha value is -1.57. The number of rotatable bonds is 1. The number of urea groups is 1. The van der Waals surface area contributed by atoms with Gasteiger partial charge in [0, 0.05) is 6.07 Å². The van der Waals surface area contributed by atoms with E-state index < -0.39 is 9.84 Å². The van der Waals surface area contributed by atoms with Crippen LogP contribution in [0.5, 0.6) is 0 Å². The van der Waals surface area contributed by atoms with Crippen LogP contribution in [0, 0.1) is 6.92 Å². The maximum absolute atomic E-state index is 11.7. The molecule has 2 aliphatic rings. The van der Waals surface area contributed by atoms with E-state index in [0.717, 1.165) is 0 Å². The summed E-state index contributed by atoms with van der Waals surface area (Å²) >= 11 is 0. The molecule has 0 aliphatic carbocycles. The summed E-state index contributed by atoms with van der Waals surface area (Å²) in [6.45, 7) is 1.72. The van der Waals surface area contributed by atoms with Crippen LogP contribution in [0.1, 0.15) is 5.76 Å². The second-order valence-corrected chi connectivity index (χ2v) is 6.52. The van der Waals surface area contributed by atoms with Crippen molar-refractivity contribution in [2.75, 3.05) is 16.4 Å². The highest BCUT2D eigenvalue weighted by Gasteiger charge is 2.50. The number of fused-ring (bicyclic) bond motifs is 1. The van der Waals surface area contributed by atoms with E-state index in [0.29, 0.717) is 11.6 Å². The summed E-state index contributed by atoms with van der Waals surface area (Å²) in [6.07, 6.45) is 0. The first-order valence-corrected chi connectivity index (χ1v) is 7.02. The number of aryl methyl sites for hydroxylation is 1. The summed E-state index contributed by atoms with van der Waals surface area (Å²) in [5.74, 6) is 0.917. The third kappa shape index (κ3) is 1.59. The van der Waals surface area contributed by atoms with Crippen molar-refractivity contribution in [3.63, 3.8) is 0 Å². The minimum atomic E-state index is -3.08. The van der Waals surface area contributed by atoms with Crippen molar-refractivity contribution in [3.05, 3.63) is 11.8 Å². The molecule has 8 heteroatoms. The first-order chi connectivity index (χ1) is 7.96. The molecular weight excluding hydrogens is 246 g/mol. The quantitative estimate of drug-likeness (QED) is 0.696. The van der Waals surface area contributed by atoms with Gasteiger partial charge in [0.05, 0.1) is 23.6 Å². The van der Waals surface area contributed by atoms with Crippen molar-refractivity contribution in [1.82, 2.24) is 10.5 Å². The SMILES string of the molecule is Cc1cc(N2C(=O)N[C@@H]3CS(=O)(=O)C[C@@H]32)no1. The van der Waals surface area contributed by atoms with E-state index in [1.165, 1.54) is 4.90 Å². The summed E-state index contributed by atoms with van der Waals surface area (Å²) in [5.41, 5.74) is 0. The monoisotopic (exact) mass is 257 g/mol. The van der Waals surface area contributed by atoms with E-state index in [4.69, 9.17) is 4.52 Å². The van der Waals surface area contributed by atoms with E-state index in [1.807, 2.05) is 0 Å². The molecule has 0 saturated carbocycles. The Kier molecular flexibility index (Phi) is 2.00. The minimum Gasteiger partial charge on any atom is -0.360 e. The van der Waals surface area contributed by atoms with Crippen LogP contribution in [0.4, 0.5) is 10.6 Å². The van der Waals surface area contributed by atoms with Gasteiger partial charge in [-0.05, 0) is 6.92 Å². The molecule has 1 aromatic heterocycles.